The van der Waals surface area contributed by atoms with Crippen LogP contribution in [0.15, 0.2) is 42.5 Å². The van der Waals surface area contributed by atoms with E-state index in [1.165, 1.54) is 22.4 Å². The number of nitrogens with zero attached hydrogens (tertiary/aromatic N) is 2. The third kappa shape index (κ3) is 3.51. The standard InChI is InChI=1S/C21H26N2O/c1-16-4-7-20(14-17(16)2)18(3)22-10-12-23(13-11-22)21-8-5-19(15-24)6-9-21/h4-9,14-15,18H,10-13H2,1-3H3/t18-/m0/s1. The topological polar surface area (TPSA) is 23.6 Å². The number of hydrogen-bond donors (Lipinski definition) is 0. The van der Waals surface area contributed by atoms with Crippen molar-refractivity contribution in [3.8, 4) is 0 Å². The van der Waals surface area contributed by atoms with E-state index in [0.717, 1.165) is 38.0 Å². The van der Waals surface area contributed by atoms with Gasteiger partial charge in [0.25, 0.3) is 0 Å². The summed E-state index contributed by atoms with van der Waals surface area (Å²) in [5.41, 5.74) is 6.07. The fraction of sp³-hybridized carbons (Fsp3) is 0.381. The molecule has 1 fully saturated rings. The van der Waals surface area contributed by atoms with Crippen LogP contribution < -0.4 is 4.90 Å². The van der Waals surface area contributed by atoms with Crippen LogP contribution >= 0.6 is 0 Å². The number of aryl methyl sites for hydroxylation is 2. The van der Waals surface area contributed by atoms with E-state index in [1.807, 2.05) is 24.3 Å². The van der Waals surface area contributed by atoms with Gasteiger partial charge in [0.2, 0.25) is 0 Å². The summed E-state index contributed by atoms with van der Waals surface area (Å²) in [5.74, 6) is 0. The average molecular weight is 322 g/mol. The van der Waals surface area contributed by atoms with Gasteiger partial charge in [-0.25, -0.2) is 0 Å². The van der Waals surface area contributed by atoms with Crippen LogP contribution in [0.4, 0.5) is 5.69 Å². The van der Waals surface area contributed by atoms with Gasteiger partial charge in [-0.2, -0.15) is 0 Å². The lowest BCUT2D eigenvalue weighted by atomic mass is 10.0. The molecule has 2 aromatic rings. The molecule has 1 atom stereocenters. The van der Waals surface area contributed by atoms with E-state index in [4.69, 9.17) is 0 Å². The average Bonchev–Trinajstić information content (AvgIpc) is 2.63. The molecule has 0 aromatic heterocycles. The van der Waals surface area contributed by atoms with E-state index in [-0.39, 0.29) is 0 Å². The molecule has 3 rings (SSSR count). The molecule has 1 saturated heterocycles. The fourth-order valence-electron chi connectivity index (χ4n) is 3.37. The molecule has 24 heavy (non-hydrogen) atoms. The molecule has 0 bridgehead atoms. The molecule has 2 aromatic carbocycles. The Labute approximate surface area is 144 Å². The first-order valence-corrected chi connectivity index (χ1v) is 8.70. The molecule has 0 saturated carbocycles. The van der Waals surface area contributed by atoms with Crippen LogP contribution in [0.2, 0.25) is 0 Å². The smallest absolute Gasteiger partial charge is 0.150 e. The molecule has 126 valence electrons. The first-order valence-electron chi connectivity index (χ1n) is 8.70. The molecule has 1 aliphatic rings. The van der Waals surface area contributed by atoms with Gasteiger partial charge in [0.15, 0.2) is 0 Å². The Bertz CT molecular complexity index is 700. The van der Waals surface area contributed by atoms with E-state index in [1.54, 1.807) is 0 Å². The van der Waals surface area contributed by atoms with Gasteiger partial charge < -0.3 is 4.90 Å². The highest BCUT2D eigenvalue weighted by Crippen LogP contribution is 2.25. The lowest BCUT2D eigenvalue weighted by Crippen LogP contribution is -2.47. The molecule has 0 unspecified atom stereocenters. The quantitative estimate of drug-likeness (QED) is 0.795. The molecule has 0 amide bonds. The molecule has 0 radical (unpaired) electrons. The van der Waals surface area contributed by atoms with Gasteiger partial charge in [-0.15, -0.1) is 0 Å². The minimum Gasteiger partial charge on any atom is -0.369 e. The lowest BCUT2D eigenvalue weighted by Gasteiger charge is -2.39. The van der Waals surface area contributed by atoms with Crippen molar-refractivity contribution in [1.29, 1.82) is 0 Å². The highest BCUT2D eigenvalue weighted by Gasteiger charge is 2.22. The van der Waals surface area contributed by atoms with Crippen molar-refractivity contribution in [1.82, 2.24) is 4.90 Å². The van der Waals surface area contributed by atoms with Crippen LogP contribution in [-0.2, 0) is 0 Å². The van der Waals surface area contributed by atoms with Gasteiger partial charge in [0, 0.05) is 43.5 Å². The van der Waals surface area contributed by atoms with Crippen LogP contribution in [0.5, 0.6) is 0 Å². The summed E-state index contributed by atoms with van der Waals surface area (Å²) in [6.45, 7) is 10.8. The first kappa shape index (κ1) is 16.7. The molecular formula is C21H26N2O. The minimum absolute atomic E-state index is 0.448. The zero-order valence-corrected chi connectivity index (χ0v) is 14.8. The third-order valence-electron chi connectivity index (χ3n) is 5.27. The third-order valence-corrected chi connectivity index (χ3v) is 5.27. The lowest BCUT2D eigenvalue weighted by molar-refractivity contribution is 0.112. The van der Waals surface area contributed by atoms with E-state index in [9.17, 15) is 4.79 Å². The fourth-order valence-corrected chi connectivity index (χ4v) is 3.37. The second-order valence-electron chi connectivity index (χ2n) is 6.75. The Morgan fingerprint density at radius 2 is 1.58 bits per heavy atom. The number of rotatable bonds is 4. The van der Waals surface area contributed by atoms with Crippen molar-refractivity contribution in [2.24, 2.45) is 0 Å². The van der Waals surface area contributed by atoms with Crippen molar-refractivity contribution in [3.63, 3.8) is 0 Å². The normalized spacial score (nSPS) is 16.9. The highest BCUT2D eigenvalue weighted by atomic mass is 16.1. The van der Waals surface area contributed by atoms with Gasteiger partial charge in [-0.05, 0) is 61.7 Å². The summed E-state index contributed by atoms with van der Waals surface area (Å²) in [4.78, 5) is 15.7. The number of piperazine rings is 1. The Hall–Kier alpha value is -2.13. The van der Waals surface area contributed by atoms with Crippen molar-refractivity contribution in [2.75, 3.05) is 31.1 Å². The summed E-state index contributed by atoms with van der Waals surface area (Å²) in [5, 5.41) is 0. The van der Waals surface area contributed by atoms with Crippen LogP contribution in [0.25, 0.3) is 0 Å². The summed E-state index contributed by atoms with van der Waals surface area (Å²) in [7, 11) is 0. The molecule has 3 nitrogen and oxygen atoms in total. The SMILES string of the molecule is Cc1ccc([C@H](C)N2CCN(c3ccc(C=O)cc3)CC2)cc1C. The van der Waals surface area contributed by atoms with E-state index < -0.39 is 0 Å². The summed E-state index contributed by atoms with van der Waals surface area (Å²) < 4.78 is 0. The predicted octanol–water partition coefficient (Wildman–Crippen LogP) is 4.00. The van der Waals surface area contributed by atoms with Gasteiger partial charge in [-0.1, -0.05) is 18.2 Å². The van der Waals surface area contributed by atoms with E-state index >= 15 is 0 Å². The molecule has 0 N–H and O–H groups in total. The largest absolute Gasteiger partial charge is 0.369 e. The monoisotopic (exact) mass is 322 g/mol. The summed E-state index contributed by atoms with van der Waals surface area (Å²) in [6.07, 6.45) is 0.896. The number of hydrogen-bond acceptors (Lipinski definition) is 3. The molecule has 0 aliphatic carbocycles. The van der Waals surface area contributed by atoms with Crippen molar-refractivity contribution in [3.05, 3.63) is 64.7 Å². The Kier molecular flexibility index (Phi) is 5.00. The van der Waals surface area contributed by atoms with Gasteiger partial charge >= 0.3 is 0 Å². The zero-order chi connectivity index (χ0) is 17.1. The van der Waals surface area contributed by atoms with Crippen molar-refractivity contribution >= 4 is 12.0 Å². The molecule has 0 spiro atoms. The molecular weight excluding hydrogens is 296 g/mol. The van der Waals surface area contributed by atoms with Crippen LogP contribution in [0.3, 0.4) is 0 Å². The zero-order valence-electron chi connectivity index (χ0n) is 14.8. The second kappa shape index (κ2) is 7.18. The van der Waals surface area contributed by atoms with Crippen molar-refractivity contribution in [2.45, 2.75) is 26.8 Å². The minimum atomic E-state index is 0.448. The van der Waals surface area contributed by atoms with Gasteiger partial charge in [0.1, 0.15) is 6.29 Å². The van der Waals surface area contributed by atoms with Gasteiger partial charge in [0.05, 0.1) is 0 Å². The first-order chi connectivity index (χ1) is 11.6. The van der Waals surface area contributed by atoms with E-state index in [0.29, 0.717) is 6.04 Å². The maximum atomic E-state index is 10.8. The Morgan fingerprint density at radius 1 is 0.917 bits per heavy atom. The summed E-state index contributed by atoms with van der Waals surface area (Å²) in [6, 6.07) is 15.1. The number of carbonyl (C=O) groups is 1. The Morgan fingerprint density at radius 3 is 2.17 bits per heavy atom. The van der Waals surface area contributed by atoms with Gasteiger partial charge in [-0.3, -0.25) is 9.69 Å². The Balaban J connectivity index is 1.63. The summed E-state index contributed by atoms with van der Waals surface area (Å²) >= 11 is 0. The number of anilines is 1. The molecule has 1 aliphatic heterocycles. The maximum Gasteiger partial charge on any atom is 0.150 e. The maximum absolute atomic E-state index is 10.8. The highest BCUT2D eigenvalue weighted by molar-refractivity contribution is 5.75. The molecule has 1 heterocycles. The molecule has 3 heteroatoms. The van der Waals surface area contributed by atoms with E-state index in [2.05, 4.69) is 48.8 Å². The van der Waals surface area contributed by atoms with Crippen LogP contribution in [-0.4, -0.2) is 37.4 Å². The second-order valence-corrected chi connectivity index (χ2v) is 6.75. The van der Waals surface area contributed by atoms with Crippen molar-refractivity contribution < 1.29 is 4.79 Å². The number of benzene rings is 2. The predicted molar refractivity (Wildman–Crippen MR) is 99.9 cm³/mol. The number of aldehydes is 1. The van der Waals surface area contributed by atoms with Crippen LogP contribution in [0.1, 0.15) is 40.0 Å². The van der Waals surface area contributed by atoms with Crippen LogP contribution in [0, 0.1) is 13.8 Å². The number of carbonyl (C=O) groups excluding carboxylic acids is 1.